The minimum Gasteiger partial charge on any atom is -0.305 e. The van der Waals surface area contributed by atoms with E-state index < -0.39 is 11.7 Å². The van der Waals surface area contributed by atoms with Gasteiger partial charge in [-0.25, -0.2) is 4.98 Å². The van der Waals surface area contributed by atoms with Gasteiger partial charge in [-0.1, -0.05) is 6.07 Å². The first-order chi connectivity index (χ1) is 7.50. The topological polar surface area (TPSA) is 17.8 Å². The molecule has 16 heavy (non-hydrogen) atoms. The third kappa shape index (κ3) is 1.97. The van der Waals surface area contributed by atoms with Gasteiger partial charge in [0.1, 0.15) is 0 Å². The van der Waals surface area contributed by atoms with Crippen molar-refractivity contribution in [1.29, 1.82) is 0 Å². The Morgan fingerprint density at radius 1 is 1.25 bits per heavy atom. The molecule has 1 heterocycles. The minimum absolute atomic E-state index is 0.0486. The van der Waals surface area contributed by atoms with Gasteiger partial charge in [-0.3, -0.25) is 0 Å². The van der Waals surface area contributed by atoms with Gasteiger partial charge in [0.2, 0.25) is 0 Å². The minimum atomic E-state index is -4.39. The molecule has 2 rings (SSSR count). The lowest BCUT2D eigenvalue weighted by Gasteiger charge is -2.14. The average molecular weight is 291 g/mol. The van der Waals surface area contributed by atoms with Crippen LogP contribution in [0, 0.1) is 0 Å². The number of aromatic nitrogens is 2. The highest BCUT2D eigenvalue weighted by Gasteiger charge is 2.34. The molecule has 0 N–H and O–H groups in total. The summed E-state index contributed by atoms with van der Waals surface area (Å²) >= 11 is 3.11. The Morgan fingerprint density at radius 2 is 2.00 bits per heavy atom. The van der Waals surface area contributed by atoms with Crippen LogP contribution in [0.5, 0.6) is 0 Å². The van der Waals surface area contributed by atoms with Crippen molar-refractivity contribution in [3.63, 3.8) is 0 Å². The Kier molecular flexibility index (Phi) is 2.75. The Balaban J connectivity index is 2.68. The molecule has 6 heteroatoms. The van der Waals surface area contributed by atoms with Crippen molar-refractivity contribution in [3.05, 3.63) is 47.0 Å². The van der Waals surface area contributed by atoms with Crippen LogP contribution in [0.3, 0.4) is 0 Å². The van der Waals surface area contributed by atoms with Crippen molar-refractivity contribution in [2.75, 3.05) is 0 Å². The summed E-state index contributed by atoms with van der Waals surface area (Å²) < 4.78 is 40.0. The molecule has 84 valence electrons. The normalized spacial score (nSPS) is 11.8. The van der Waals surface area contributed by atoms with Crippen LogP contribution in [0.25, 0.3) is 5.69 Å². The quantitative estimate of drug-likeness (QED) is 0.784. The van der Waals surface area contributed by atoms with E-state index in [1.807, 2.05) is 0 Å². The summed E-state index contributed by atoms with van der Waals surface area (Å²) in [6.07, 6.45) is -0.159. The zero-order valence-electron chi connectivity index (χ0n) is 7.87. The molecule has 0 saturated carbocycles. The van der Waals surface area contributed by atoms with Gasteiger partial charge in [0.25, 0.3) is 0 Å². The number of halogens is 4. The van der Waals surface area contributed by atoms with E-state index in [0.717, 1.165) is 6.07 Å². The van der Waals surface area contributed by atoms with Crippen LogP contribution in [0.2, 0.25) is 0 Å². The Labute approximate surface area is 97.9 Å². The number of alkyl halides is 3. The zero-order chi connectivity index (χ0) is 11.8. The van der Waals surface area contributed by atoms with Crippen molar-refractivity contribution in [2.45, 2.75) is 6.18 Å². The number of hydrogen-bond acceptors (Lipinski definition) is 1. The molecule has 0 atom stereocenters. The van der Waals surface area contributed by atoms with Crippen molar-refractivity contribution in [3.8, 4) is 5.69 Å². The van der Waals surface area contributed by atoms with Crippen LogP contribution in [0.4, 0.5) is 13.2 Å². The molecule has 0 unspecified atom stereocenters. The van der Waals surface area contributed by atoms with E-state index in [-0.39, 0.29) is 5.69 Å². The average Bonchev–Trinajstić information content (AvgIpc) is 2.68. The number of hydrogen-bond donors (Lipinski definition) is 0. The summed E-state index contributed by atoms with van der Waals surface area (Å²) in [5, 5.41) is 0. The molecular formula is C10H6BrF3N2. The lowest BCUT2D eigenvalue weighted by Crippen LogP contribution is -2.10. The zero-order valence-corrected chi connectivity index (χ0v) is 9.46. The molecule has 0 spiro atoms. The van der Waals surface area contributed by atoms with Crippen LogP contribution in [0.15, 0.2) is 41.4 Å². The number of imidazole rings is 1. The molecule has 0 saturated heterocycles. The molecule has 0 radical (unpaired) electrons. The van der Waals surface area contributed by atoms with Crippen LogP contribution in [-0.4, -0.2) is 9.55 Å². The van der Waals surface area contributed by atoms with E-state index in [0.29, 0.717) is 4.47 Å². The molecule has 0 aliphatic carbocycles. The van der Waals surface area contributed by atoms with Gasteiger partial charge in [-0.05, 0) is 28.1 Å². The third-order valence-electron chi connectivity index (χ3n) is 2.05. The Morgan fingerprint density at radius 3 is 2.56 bits per heavy atom. The molecule has 0 aliphatic heterocycles. The van der Waals surface area contributed by atoms with Crippen molar-refractivity contribution >= 4 is 15.9 Å². The molecule has 0 aliphatic rings. The van der Waals surface area contributed by atoms with E-state index in [2.05, 4.69) is 20.9 Å². The maximum absolute atomic E-state index is 12.8. The highest BCUT2D eigenvalue weighted by Crippen LogP contribution is 2.37. The predicted molar refractivity (Wildman–Crippen MR) is 56.3 cm³/mol. The van der Waals surface area contributed by atoms with Gasteiger partial charge < -0.3 is 4.57 Å². The largest absolute Gasteiger partial charge is 0.418 e. The third-order valence-corrected chi connectivity index (χ3v) is 2.69. The van der Waals surface area contributed by atoms with Crippen LogP contribution in [0.1, 0.15) is 5.56 Å². The fraction of sp³-hybridized carbons (Fsp3) is 0.100. The fourth-order valence-electron chi connectivity index (χ4n) is 1.40. The second-order valence-corrected chi connectivity index (χ2v) is 3.96. The lowest BCUT2D eigenvalue weighted by molar-refractivity contribution is -0.137. The first kappa shape index (κ1) is 11.2. The fourth-order valence-corrected chi connectivity index (χ4v) is 1.97. The van der Waals surface area contributed by atoms with Crippen LogP contribution in [-0.2, 0) is 6.18 Å². The highest BCUT2D eigenvalue weighted by molar-refractivity contribution is 9.10. The number of benzene rings is 1. The molecular weight excluding hydrogens is 285 g/mol. The van der Waals surface area contributed by atoms with E-state index in [9.17, 15) is 13.2 Å². The van der Waals surface area contributed by atoms with Crippen molar-refractivity contribution in [1.82, 2.24) is 9.55 Å². The summed E-state index contributed by atoms with van der Waals surface area (Å²) in [6.45, 7) is 0. The molecule has 1 aromatic heterocycles. The Bertz CT molecular complexity index is 491. The van der Waals surface area contributed by atoms with Crippen molar-refractivity contribution in [2.24, 2.45) is 0 Å². The first-order valence-electron chi connectivity index (χ1n) is 4.34. The summed E-state index contributed by atoms with van der Waals surface area (Å²) in [7, 11) is 0. The van der Waals surface area contributed by atoms with Crippen molar-refractivity contribution < 1.29 is 13.2 Å². The molecule has 0 fully saturated rings. The summed E-state index contributed by atoms with van der Waals surface area (Å²) in [5.74, 6) is 0. The van der Waals surface area contributed by atoms with Gasteiger partial charge in [0, 0.05) is 16.9 Å². The molecule has 2 aromatic rings. The van der Waals surface area contributed by atoms with E-state index in [1.54, 1.807) is 6.07 Å². The van der Waals surface area contributed by atoms with Gasteiger partial charge in [0.05, 0.1) is 17.6 Å². The Hall–Kier alpha value is -1.30. The smallest absolute Gasteiger partial charge is 0.305 e. The maximum Gasteiger partial charge on any atom is 0.418 e. The highest BCUT2D eigenvalue weighted by atomic mass is 79.9. The van der Waals surface area contributed by atoms with E-state index in [1.165, 1.54) is 29.4 Å². The monoisotopic (exact) mass is 290 g/mol. The van der Waals surface area contributed by atoms with E-state index >= 15 is 0 Å². The summed E-state index contributed by atoms with van der Waals surface area (Å²) in [6, 6.07) is 3.96. The first-order valence-corrected chi connectivity index (χ1v) is 5.13. The van der Waals surface area contributed by atoms with Gasteiger partial charge in [0.15, 0.2) is 0 Å². The second-order valence-electron chi connectivity index (χ2n) is 3.10. The van der Waals surface area contributed by atoms with Crippen LogP contribution < -0.4 is 0 Å². The maximum atomic E-state index is 12.8. The standard InChI is InChI=1S/C10H6BrF3N2/c11-8-3-1-2-7(10(12,13)14)9(8)16-5-4-15-6-16/h1-6H. The SMILES string of the molecule is FC(F)(F)c1cccc(Br)c1-n1ccnc1. The molecule has 2 nitrogen and oxygen atoms in total. The summed E-state index contributed by atoms with van der Waals surface area (Å²) in [4.78, 5) is 3.74. The number of nitrogens with zero attached hydrogens (tertiary/aromatic N) is 2. The van der Waals surface area contributed by atoms with E-state index in [4.69, 9.17) is 0 Å². The van der Waals surface area contributed by atoms with Gasteiger partial charge >= 0.3 is 6.18 Å². The molecule has 1 aromatic carbocycles. The van der Waals surface area contributed by atoms with Gasteiger partial charge in [-0.15, -0.1) is 0 Å². The molecule has 0 bridgehead atoms. The lowest BCUT2D eigenvalue weighted by atomic mass is 10.1. The predicted octanol–water partition coefficient (Wildman–Crippen LogP) is 3.65. The van der Waals surface area contributed by atoms with Gasteiger partial charge in [-0.2, -0.15) is 13.2 Å². The molecule has 0 amide bonds. The number of para-hydroxylation sites is 1. The van der Waals surface area contributed by atoms with Crippen LogP contribution >= 0.6 is 15.9 Å². The second kappa shape index (κ2) is 3.93. The number of rotatable bonds is 1. The summed E-state index contributed by atoms with van der Waals surface area (Å²) in [5.41, 5.74) is -0.646.